The van der Waals surface area contributed by atoms with Crippen LogP contribution in [0.5, 0.6) is 0 Å². The second-order valence-corrected chi connectivity index (χ2v) is 4.48. The van der Waals surface area contributed by atoms with Crippen molar-refractivity contribution in [3.63, 3.8) is 0 Å². The Labute approximate surface area is 109 Å². The van der Waals surface area contributed by atoms with Gasteiger partial charge in [-0.15, -0.1) is 0 Å². The van der Waals surface area contributed by atoms with E-state index in [0.717, 1.165) is 30.6 Å². The minimum atomic E-state index is -1.61. The molecule has 0 bridgehead atoms. The number of methoxy groups -OCH3 is 1. The number of hydrogen-bond acceptors (Lipinski definition) is 5. The topological polar surface area (TPSA) is 65.2 Å². The van der Waals surface area contributed by atoms with Gasteiger partial charge >= 0.3 is 5.97 Å². The van der Waals surface area contributed by atoms with Gasteiger partial charge in [-0.3, -0.25) is 0 Å². The molecule has 1 heterocycles. The fourth-order valence-corrected chi connectivity index (χ4v) is 2.22. The van der Waals surface area contributed by atoms with Crippen molar-refractivity contribution in [1.82, 2.24) is 4.98 Å². The van der Waals surface area contributed by atoms with Crippen molar-refractivity contribution in [1.29, 1.82) is 0 Å². The van der Waals surface area contributed by atoms with Crippen molar-refractivity contribution in [2.24, 2.45) is 0 Å². The smallest absolute Gasteiger partial charge is 0.359 e. The number of nitrogens with two attached hydrogens (primary N) is 1. The van der Waals surface area contributed by atoms with Crippen LogP contribution in [-0.4, -0.2) is 18.1 Å². The van der Waals surface area contributed by atoms with E-state index in [-0.39, 0.29) is 21.3 Å². The quantitative estimate of drug-likeness (QED) is 0.681. The van der Waals surface area contributed by atoms with Gasteiger partial charge in [0.2, 0.25) is 0 Å². The Bertz CT molecular complexity index is 658. The summed E-state index contributed by atoms with van der Waals surface area (Å²) in [6, 6.07) is 1.79. The summed E-state index contributed by atoms with van der Waals surface area (Å²) in [6.45, 7) is 0. The second kappa shape index (κ2) is 4.88. The third-order valence-corrected chi connectivity index (χ3v) is 3.22. The van der Waals surface area contributed by atoms with Gasteiger partial charge in [0, 0.05) is 5.56 Å². The van der Waals surface area contributed by atoms with E-state index in [1.807, 2.05) is 0 Å². The van der Waals surface area contributed by atoms with Gasteiger partial charge in [0.15, 0.2) is 23.1 Å². The van der Waals surface area contributed by atoms with E-state index in [1.165, 1.54) is 0 Å². The molecule has 0 aliphatic rings. The van der Waals surface area contributed by atoms with Crippen LogP contribution in [0.2, 0.25) is 0 Å². The van der Waals surface area contributed by atoms with Crippen LogP contribution < -0.4 is 5.73 Å². The number of halogens is 3. The molecule has 0 aliphatic heterocycles. The number of nitrogens with zero attached hydrogens (tertiary/aromatic N) is 1. The molecule has 0 unspecified atom stereocenters. The maximum atomic E-state index is 13.6. The van der Waals surface area contributed by atoms with Crippen LogP contribution in [0, 0.1) is 17.5 Å². The predicted octanol–water partition coefficient (Wildman–Crippen LogP) is 2.60. The molecule has 0 aliphatic carbocycles. The number of anilines is 1. The average molecular weight is 288 g/mol. The Hall–Kier alpha value is -2.09. The van der Waals surface area contributed by atoms with E-state index < -0.39 is 23.4 Å². The number of esters is 1. The van der Waals surface area contributed by atoms with Gasteiger partial charge < -0.3 is 10.5 Å². The fraction of sp³-hybridized carbons (Fsp3) is 0.0909. The summed E-state index contributed by atoms with van der Waals surface area (Å²) >= 11 is 0.777. The van der Waals surface area contributed by atoms with E-state index in [1.54, 1.807) is 0 Å². The minimum Gasteiger partial charge on any atom is -0.464 e. The number of thiazole rings is 1. The van der Waals surface area contributed by atoms with Crippen molar-refractivity contribution < 1.29 is 22.7 Å². The number of carbonyl (C=O) groups excluding carboxylic acids is 1. The highest BCUT2D eigenvalue weighted by atomic mass is 32.1. The first-order valence-corrected chi connectivity index (χ1v) is 5.75. The van der Waals surface area contributed by atoms with Crippen LogP contribution in [0.25, 0.3) is 10.6 Å². The van der Waals surface area contributed by atoms with Gasteiger partial charge in [0.25, 0.3) is 0 Å². The standard InChI is InChI=1S/C11H7F3N2O2S/c1-18-11(17)8-9(15)19-10(16-8)4-2-3-5(12)7(14)6(4)13/h2-3H,15H2,1H3. The van der Waals surface area contributed by atoms with Crippen LogP contribution >= 0.6 is 11.3 Å². The van der Waals surface area contributed by atoms with Crippen molar-refractivity contribution in [2.45, 2.75) is 0 Å². The molecule has 0 amide bonds. The van der Waals surface area contributed by atoms with Gasteiger partial charge in [-0.25, -0.2) is 22.9 Å². The number of rotatable bonds is 2. The Balaban J connectivity index is 2.55. The first-order valence-electron chi connectivity index (χ1n) is 4.94. The first-order chi connectivity index (χ1) is 8.95. The molecule has 8 heteroatoms. The Morgan fingerprint density at radius 3 is 2.63 bits per heavy atom. The molecule has 1 aromatic carbocycles. The molecule has 2 N–H and O–H groups in total. The molecule has 19 heavy (non-hydrogen) atoms. The van der Waals surface area contributed by atoms with Crippen LogP contribution in [0.4, 0.5) is 18.2 Å². The largest absolute Gasteiger partial charge is 0.464 e. The zero-order valence-electron chi connectivity index (χ0n) is 9.54. The number of aromatic nitrogens is 1. The highest BCUT2D eigenvalue weighted by molar-refractivity contribution is 7.19. The summed E-state index contributed by atoms with van der Waals surface area (Å²) in [6.07, 6.45) is 0. The van der Waals surface area contributed by atoms with E-state index in [2.05, 4.69) is 9.72 Å². The third kappa shape index (κ3) is 2.26. The minimum absolute atomic E-state index is 0.00554. The summed E-state index contributed by atoms with van der Waals surface area (Å²) in [5.41, 5.74) is 5.08. The zero-order valence-corrected chi connectivity index (χ0v) is 10.4. The molecule has 0 atom stereocenters. The number of nitrogen functional groups attached to an aromatic ring is 1. The van der Waals surface area contributed by atoms with Crippen LogP contribution in [0.3, 0.4) is 0 Å². The molecule has 0 spiro atoms. The third-order valence-electron chi connectivity index (χ3n) is 2.30. The van der Waals surface area contributed by atoms with Gasteiger partial charge in [0.1, 0.15) is 10.0 Å². The molecule has 2 aromatic rings. The maximum absolute atomic E-state index is 13.6. The van der Waals surface area contributed by atoms with Crippen LogP contribution in [-0.2, 0) is 4.74 Å². The fourth-order valence-electron chi connectivity index (χ4n) is 1.38. The molecular weight excluding hydrogens is 281 g/mol. The molecular formula is C11H7F3N2O2S. The van der Waals surface area contributed by atoms with E-state index in [4.69, 9.17) is 5.73 Å². The molecule has 4 nitrogen and oxygen atoms in total. The number of carbonyl (C=O) groups is 1. The van der Waals surface area contributed by atoms with E-state index in [9.17, 15) is 18.0 Å². The lowest BCUT2D eigenvalue weighted by atomic mass is 10.2. The number of ether oxygens (including phenoxy) is 1. The zero-order chi connectivity index (χ0) is 14.2. The summed E-state index contributed by atoms with van der Waals surface area (Å²) in [5, 5.41) is -0.0275. The highest BCUT2D eigenvalue weighted by Crippen LogP contribution is 2.33. The monoisotopic (exact) mass is 288 g/mol. The van der Waals surface area contributed by atoms with Gasteiger partial charge in [-0.2, -0.15) is 0 Å². The highest BCUT2D eigenvalue weighted by Gasteiger charge is 2.21. The van der Waals surface area contributed by atoms with Crippen LogP contribution in [0.15, 0.2) is 12.1 Å². The normalized spacial score (nSPS) is 10.5. The molecule has 0 radical (unpaired) electrons. The Morgan fingerprint density at radius 1 is 1.32 bits per heavy atom. The van der Waals surface area contributed by atoms with Crippen molar-refractivity contribution in [3.05, 3.63) is 35.3 Å². The Kier molecular flexibility index (Phi) is 3.43. The Morgan fingerprint density at radius 2 is 2.00 bits per heavy atom. The number of benzene rings is 1. The summed E-state index contributed by atoms with van der Waals surface area (Å²) < 4.78 is 43.9. The molecule has 100 valence electrons. The summed E-state index contributed by atoms with van der Waals surface area (Å²) in [4.78, 5) is 15.1. The second-order valence-electron chi connectivity index (χ2n) is 3.45. The average Bonchev–Trinajstić information content (AvgIpc) is 2.77. The van der Waals surface area contributed by atoms with Crippen molar-refractivity contribution in [3.8, 4) is 10.6 Å². The lowest BCUT2D eigenvalue weighted by Crippen LogP contribution is -2.04. The van der Waals surface area contributed by atoms with Gasteiger partial charge in [0.05, 0.1) is 7.11 Å². The molecule has 2 rings (SSSR count). The molecule has 0 saturated heterocycles. The van der Waals surface area contributed by atoms with Crippen LogP contribution in [0.1, 0.15) is 10.5 Å². The van der Waals surface area contributed by atoms with Gasteiger partial charge in [-0.05, 0) is 12.1 Å². The first kappa shape index (κ1) is 13.3. The predicted molar refractivity (Wildman–Crippen MR) is 63.2 cm³/mol. The lowest BCUT2D eigenvalue weighted by molar-refractivity contribution is 0.0596. The molecule has 0 fully saturated rings. The van der Waals surface area contributed by atoms with E-state index >= 15 is 0 Å². The molecule has 1 aromatic heterocycles. The maximum Gasteiger partial charge on any atom is 0.359 e. The van der Waals surface area contributed by atoms with Gasteiger partial charge in [-0.1, -0.05) is 11.3 Å². The SMILES string of the molecule is COC(=O)c1nc(-c2ccc(F)c(F)c2F)sc1N. The summed E-state index contributed by atoms with van der Waals surface area (Å²) in [7, 11) is 1.14. The van der Waals surface area contributed by atoms with E-state index in [0.29, 0.717) is 0 Å². The summed E-state index contributed by atoms with van der Waals surface area (Å²) in [5.74, 6) is -5.09. The molecule has 0 saturated carbocycles. The lowest BCUT2D eigenvalue weighted by Gasteiger charge is -2.00. The van der Waals surface area contributed by atoms with Crippen molar-refractivity contribution in [2.75, 3.05) is 12.8 Å². The van der Waals surface area contributed by atoms with Crippen molar-refractivity contribution >= 4 is 22.3 Å². The number of hydrogen-bond donors (Lipinski definition) is 1.